The van der Waals surface area contributed by atoms with Crippen molar-refractivity contribution in [3.05, 3.63) is 76.1 Å². The van der Waals surface area contributed by atoms with Crippen molar-refractivity contribution in [2.24, 2.45) is 14.1 Å². The van der Waals surface area contributed by atoms with Crippen LogP contribution in [0, 0.1) is 10.1 Å². The van der Waals surface area contributed by atoms with E-state index in [1.807, 2.05) is 50.0 Å². The van der Waals surface area contributed by atoms with Crippen molar-refractivity contribution in [1.29, 1.82) is 0 Å². The number of nitro groups is 1. The number of amides is 4. The van der Waals surface area contributed by atoms with Gasteiger partial charge in [-0.1, -0.05) is 31.0 Å². The molecule has 11 nitrogen and oxygen atoms in total. The number of nitro benzene ring substituents is 1. The molecule has 3 heterocycles. The Morgan fingerprint density at radius 2 is 1.45 bits per heavy atom. The molecule has 0 saturated heterocycles. The Balaban J connectivity index is 1.53. The molecule has 0 unspecified atom stereocenters. The molecule has 0 bridgehead atoms. The molecule has 0 atom stereocenters. The first-order valence-corrected chi connectivity index (χ1v) is 13.9. The fourth-order valence-electron chi connectivity index (χ4n) is 5.62. The van der Waals surface area contributed by atoms with Gasteiger partial charge < -0.3 is 19.4 Å². The highest BCUT2D eigenvalue weighted by molar-refractivity contribution is 6.53. The normalized spacial score (nSPS) is 13.8. The monoisotopic (exact) mass is 570 g/mol. The van der Waals surface area contributed by atoms with Crippen LogP contribution < -0.4 is 5.32 Å². The van der Waals surface area contributed by atoms with E-state index in [-0.39, 0.29) is 16.8 Å². The first kappa shape index (κ1) is 28.7. The molecule has 0 fully saturated rings. The second kappa shape index (κ2) is 11.6. The summed E-state index contributed by atoms with van der Waals surface area (Å²) in [6.45, 7) is 1.34. The predicted octanol–water partition coefficient (Wildman–Crippen LogP) is 4.69. The number of urea groups is 1. The lowest BCUT2D eigenvalue weighted by atomic mass is 9.95. The smallest absolute Gasteiger partial charge is 0.331 e. The third kappa shape index (κ3) is 5.18. The van der Waals surface area contributed by atoms with Gasteiger partial charge in [-0.05, 0) is 45.6 Å². The zero-order valence-electron chi connectivity index (χ0n) is 24.2. The molecule has 1 aliphatic rings. The van der Waals surface area contributed by atoms with Gasteiger partial charge in [0.1, 0.15) is 0 Å². The molecular weight excluding hydrogens is 536 g/mol. The van der Waals surface area contributed by atoms with Crippen molar-refractivity contribution in [1.82, 2.24) is 24.3 Å². The molecule has 4 amide bonds. The first-order chi connectivity index (χ1) is 20.1. The lowest BCUT2D eigenvalue weighted by molar-refractivity contribution is -0.384. The summed E-state index contributed by atoms with van der Waals surface area (Å²) in [6, 6.07) is 11.2. The van der Waals surface area contributed by atoms with Crippen LogP contribution in [0.15, 0.2) is 54.9 Å². The Kier molecular flexibility index (Phi) is 7.95. The SMILES string of the molecule is CN(C)CCCCCCNC(=O)N1C(=O)C(c2cn(C)c3ccccc23)=C(c2cn(C)c3cc([N+](=O)[O-])ccc23)C1=O. The number of para-hydroxylation sites is 1. The number of aromatic nitrogens is 2. The number of benzene rings is 2. The van der Waals surface area contributed by atoms with E-state index >= 15 is 0 Å². The Morgan fingerprint density at radius 3 is 2.10 bits per heavy atom. The average Bonchev–Trinajstić information content (AvgIpc) is 3.55. The highest BCUT2D eigenvalue weighted by Crippen LogP contribution is 2.42. The third-order valence-corrected chi connectivity index (χ3v) is 7.72. The summed E-state index contributed by atoms with van der Waals surface area (Å²) in [4.78, 5) is 55.1. The minimum Gasteiger partial charge on any atom is -0.350 e. The van der Waals surface area contributed by atoms with Gasteiger partial charge >= 0.3 is 6.03 Å². The van der Waals surface area contributed by atoms with Crippen molar-refractivity contribution < 1.29 is 19.3 Å². The van der Waals surface area contributed by atoms with Gasteiger partial charge in [-0.2, -0.15) is 4.90 Å². The molecule has 5 rings (SSSR count). The van der Waals surface area contributed by atoms with Gasteiger partial charge in [-0.3, -0.25) is 19.7 Å². The number of rotatable bonds is 10. The van der Waals surface area contributed by atoms with Crippen molar-refractivity contribution in [3.8, 4) is 0 Å². The molecule has 1 aliphatic heterocycles. The van der Waals surface area contributed by atoms with Gasteiger partial charge in [0.25, 0.3) is 17.5 Å². The van der Waals surface area contributed by atoms with Gasteiger partial charge in [0, 0.05) is 72.6 Å². The topological polar surface area (TPSA) is 123 Å². The molecule has 0 aliphatic carbocycles. The zero-order valence-corrected chi connectivity index (χ0v) is 24.2. The lowest BCUT2D eigenvalue weighted by Crippen LogP contribution is -2.44. The van der Waals surface area contributed by atoms with E-state index in [0.717, 1.165) is 43.1 Å². The van der Waals surface area contributed by atoms with Gasteiger partial charge in [0.2, 0.25) is 0 Å². The van der Waals surface area contributed by atoms with Crippen molar-refractivity contribution in [2.45, 2.75) is 25.7 Å². The number of nitrogens with zero attached hydrogens (tertiary/aromatic N) is 5. The average molecular weight is 571 g/mol. The predicted molar refractivity (Wildman–Crippen MR) is 162 cm³/mol. The number of imide groups is 3. The molecule has 42 heavy (non-hydrogen) atoms. The quantitative estimate of drug-likeness (QED) is 0.128. The van der Waals surface area contributed by atoms with Crippen LogP contribution in [0.25, 0.3) is 33.0 Å². The van der Waals surface area contributed by atoms with E-state index in [4.69, 9.17) is 0 Å². The number of carbonyl (C=O) groups excluding carboxylic acids is 3. The van der Waals surface area contributed by atoms with Crippen LogP contribution >= 0.6 is 0 Å². The van der Waals surface area contributed by atoms with E-state index in [9.17, 15) is 24.5 Å². The molecule has 2 aromatic carbocycles. The summed E-state index contributed by atoms with van der Waals surface area (Å²) >= 11 is 0. The van der Waals surface area contributed by atoms with Crippen LogP contribution in [0.2, 0.25) is 0 Å². The molecular formula is C31H34N6O5. The van der Waals surface area contributed by atoms with Gasteiger partial charge in [0.05, 0.1) is 21.6 Å². The van der Waals surface area contributed by atoms with Crippen LogP contribution in [-0.2, 0) is 23.7 Å². The number of nitrogens with one attached hydrogen (secondary N) is 1. The number of hydrogen-bond acceptors (Lipinski definition) is 6. The van der Waals surface area contributed by atoms with E-state index in [2.05, 4.69) is 10.2 Å². The minimum absolute atomic E-state index is 0.0879. The van der Waals surface area contributed by atoms with Crippen LogP contribution in [0.1, 0.15) is 36.8 Å². The van der Waals surface area contributed by atoms with Crippen LogP contribution in [0.5, 0.6) is 0 Å². The summed E-state index contributed by atoms with van der Waals surface area (Å²) in [5.74, 6) is -1.42. The largest absolute Gasteiger partial charge is 0.350 e. The fraction of sp³-hybridized carbons (Fsp3) is 0.323. The maximum atomic E-state index is 14.0. The van der Waals surface area contributed by atoms with Gasteiger partial charge in [-0.25, -0.2) is 4.79 Å². The van der Waals surface area contributed by atoms with Crippen LogP contribution in [0.4, 0.5) is 10.5 Å². The van der Waals surface area contributed by atoms with Crippen molar-refractivity contribution in [2.75, 3.05) is 27.2 Å². The van der Waals surface area contributed by atoms with E-state index in [1.165, 1.54) is 12.1 Å². The molecule has 1 N–H and O–H groups in total. The summed E-state index contributed by atoms with van der Waals surface area (Å²) in [6.07, 6.45) is 7.19. The zero-order chi connectivity index (χ0) is 30.1. The summed E-state index contributed by atoms with van der Waals surface area (Å²) in [5, 5.41) is 15.5. The van der Waals surface area contributed by atoms with Crippen LogP contribution in [-0.4, -0.2) is 68.9 Å². The maximum Gasteiger partial charge on any atom is 0.331 e. The molecule has 0 radical (unpaired) electrons. The first-order valence-electron chi connectivity index (χ1n) is 13.9. The molecule has 0 saturated carbocycles. The number of hydrogen-bond donors (Lipinski definition) is 1. The Morgan fingerprint density at radius 1 is 0.857 bits per heavy atom. The second-order valence-electron chi connectivity index (χ2n) is 10.9. The van der Waals surface area contributed by atoms with Crippen molar-refractivity contribution in [3.63, 3.8) is 0 Å². The van der Waals surface area contributed by atoms with Crippen molar-refractivity contribution >= 4 is 56.5 Å². The summed E-state index contributed by atoms with van der Waals surface area (Å²) < 4.78 is 3.56. The lowest BCUT2D eigenvalue weighted by Gasteiger charge is -2.14. The van der Waals surface area contributed by atoms with Gasteiger partial charge in [-0.15, -0.1) is 0 Å². The van der Waals surface area contributed by atoms with E-state index < -0.39 is 22.8 Å². The number of fused-ring (bicyclic) bond motifs is 2. The Hall–Kier alpha value is -4.77. The Labute approximate surface area is 243 Å². The number of carbonyl (C=O) groups is 3. The highest BCUT2D eigenvalue weighted by Gasteiger charge is 2.45. The summed E-state index contributed by atoms with van der Waals surface area (Å²) in [7, 11) is 7.63. The highest BCUT2D eigenvalue weighted by atomic mass is 16.6. The molecule has 0 spiro atoms. The van der Waals surface area contributed by atoms with E-state index in [0.29, 0.717) is 33.5 Å². The number of aryl methyl sites for hydroxylation is 2. The molecule has 4 aromatic rings. The number of non-ortho nitro benzene ring substituents is 1. The van der Waals surface area contributed by atoms with Crippen LogP contribution in [0.3, 0.4) is 0 Å². The second-order valence-corrected chi connectivity index (χ2v) is 10.9. The molecule has 11 heteroatoms. The van der Waals surface area contributed by atoms with E-state index in [1.54, 1.807) is 30.1 Å². The standard InChI is InChI=1S/C31H34N6O5/c1-33(2)16-10-6-5-9-15-32-31(40)36-29(38)27(23-18-34(3)25-12-8-7-11-21(23)25)28(30(36)39)24-19-35(4)26-17-20(37(41)42)13-14-22(24)26/h7-8,11-14,17-19H,5-6,9-10,15-16H2,1-4H3,(H,32,40). The number of unbranched alkanes of at least 4 members (excludes halogenated alkanes) is 3. The summed E-state index contributed by atoms with van der Waals surface area (Å²) in [5.41, 5.74) is 2.49. The fourth-order valence-corrected chi connectivity index (χ4v) is 5.62. The molecule has 2 aromatic heterocycles. The molecule has 218 valence electrons. The maximum absolute atomic E-state index is 14.0. The van der Waals surface area contributed by atoms with Gasteiger partial charge in [0.15, 0.2) is 0 Å². The minimum atomic E-state index is -0.762. The third-order valence-electron chi connectivity index (χ3n) is 7.72. The Bertz CT molecular complexity index is 1760.